The van der Waals surface area contributed by atoms with E-state index in [1.54, 1.807) is 6.07 Å². The summed E-state index contributed by atoms with van der Waals surface area (Å²) < 4.78 is 0. The number of phenolic OH excluding ortho intramolecular Hbond substituents is 1. The van der Waals surface area contributed by atoms with Crippen molar-refractivity contribution in [1.29, 1.82) is 0 Å². The molecule has 0 saturated carbocycles. The molecule has 1 amide bonds. The second-order valence-corrected chi connectivity index (χ2v) is 5.33. The number of amides is 1. The quantitative estimate of drug-likeness (QED) is 0.692. The van der Waals surface area contributed by atoms with Gasteiger partial charge in [0.2, 0.25) is 0 Å². The molecule has 0 atom stereocenters. The Bertz CT molecular complexity index is 801. The molecule has 22 heavy (non-hydrogen) atoms. The Morgan fingerprint density at radius 1 is 1.18 bits per heavy atom. The van der Waals surface area contributed by atoms with Gasteiger partial charge in [-0.3, -0.25) is 4.79 Å². The average Bonchev–Trinajstić information content (AvgIpc) is 2.91. The maximum absolute atomic E-state index is 12.2. The number of benzene rings is 2. The van der Waals surface area contributed by atoms with Crippen LogP contribution in [0.4, 0.5) is 0 Å². The topological polar surface area (TPSA) is 65.1 Å². The number of aryl methyl sites for hydroxylation is 1. The summed E-state index contributed by atoms with van der Waals surface area (Å²) in [5, 5.41) is 13.9. The van der Waals surface area contributed by atoms with Gasteiger partial charge in [-0.05, 0) is 36.6 Å². The van der Waals surface area contributed by atoms with Crippen LogP contribution < -0.4 is 5.32 Å². The summed E-state index contributed by atoms with van der Waals surface area (Å²) in [5.74, 6) is -0.222. The third-order valence-electron chi connectivity index (χ3n) is 3.83. The zero-order chi connectivity index (χ0) is 15.5. The lowest BCUT2D eigenvalue weighted by atomic mass is 10.1. The van der Waals surface area contributed by atoms with E-state index in [4.69, 9.17) is 0 Å². The highest BCUT2D eigenvalue weighted by molar-refractivity contribution is 5.98. The highest BCUT2D eigenvalue weighted by Crippen LogP contribution is 2.20. The SMILES string of the molecule is Cc1cccc(O)c1C(=O)NCCc1c[nH]c2ccccc12. The van der Waals surface area contributed by atoms with Crippen LogP contribution in [0.25, 0.3) is 10.9 Å². The number of aromatic amines is 1. The van der Waals surface area contributed by atoms with Crippen LogP contribution in [0.1, 0.15) is 21.5 Å². The number of rotatable bonds is 4. The number of nitrogens with one attached hydrogen (secondary N) is 2. The van der Waals surface area contributed by atoms with E-state index in [0.29, 0.717) is 12.1 Å². The smallest absolute Gasteiger partial charge is 0.255 e. The highest BCUT2D eigenvalue weighted by atomic mass is 16.3. The minimum Gasteiger partial charge on any atom is -0.507 e. The van der Waals surface area contributed by atoms with Crippen molar-refractivity contribution >= 4 is 16.8 Å². The third-order valence-corrected chi connectivity index (χ3v) is 3.83. The van der Waals surface area contributed by atoms with Crippen LogP contribution in [0.3, 0.4) is 0 Å². The van der Waals surface area contributed by atoms with Gasteiger partial charge in [0, 0.05) is 23.6 Å². The van der Waals surface area contributed by atoms with E-state index in [1.807, 2.05) is 37.4 Å². The molecule has 3 aromatic rings. The van der Waals surface area contributed by atoms with Crippen LogP contribution in [-0.4, -0.2) is 22.5 Å². The van der Waals surface area contributed by atoms with Gasteiger partial charge >= 0.3 is 0 Å². The summed E-state index contributed by atoms with van der Waals surface area (Å²) in [5.41, 5.74) is 3.39. The van der Waals surface area contributed by atoms with Crippen LogP contribution in [0.5, 0.6) is 5.75 Å². The van der Waals surface area contributed by atoms with Crippen molar-refractivity contribution in [2.75, 3.05) is 6.54 Å². The van der Waals surface area contributed by atoms with Gasteiger partial charge in [-0.2, -0.15) is 0 Å². The Labute approximate surface area is 128 Å². The summed E-state index contributed by atoms with van der Waals surface area (Å²) in [6.45, 7) is 2.34. The molecule has 4 heteroatoms. The molecule has 0 fully saturated rings. The third kappa shape index (κ3) is 2.68. The maximum Gasteiger partial charge on any atom is 0.255 e. The normalized spacial score (nSPS) is 10.8. The molecule has 1 aromatic heterocycles. The van der Waals surface area contributed by atoms with Crippen molar-refractivity contribution in [2.24, 2.45) is 0 Å². The van der Waals surface area contributed by atoms with Crippen molar-refractivity contribution in [3.8, 4) is 5.75 Å². The lowest BCUT2D eigenvalue weighted by Gasteiger charge is -2.09. The van der Waals surface area contributed by atoms with E-state index in [0.717, 1.165) is 17.5 Å². The molecule has 0 spiro atoms. The standard InChI is InChI=1S/C18H18N2O2/c1-12-5-4-8-16(21)17(12)18(22)19-10-9-13-11-20-15-7-3-2-6-14(13)15/h2-8,11,20-21H,9-10H2,1H3,(H,19,22). The van der Waals surface area contributed by atoms with Gasteiger partial charge in [-0.15, -0.1) is 0 Å². The van der Waals surface area contributed by atoms with Gasteiger partial charge in [0.05, 0.1) is 5.56 Å². The summed E-state index contributed by atoms with van der Waals surface area (Å²) >= 11 is 0. The molecule has 112 valence electrons. The molecule has 4 nitrogen and oxygen atoms in total. The predicted molar refractivity (Wildman–Crippen MR) is 87.2 cm³/mol. The van der Waals surface area contributed by atoms with E-state index in [1.165, 1.54) is 17.0 Å². The van der Waals surface area contributed by atoms with Crippen LogP contribution >= 0.6 is 0 Å². The van der Waals surface area contributed by atoms with E-state index >= 15 is 0 Å². The van der Waals surface area contributed by atoms with E-state index in [2.05, 4.69) is 16.4 Å². The van der Waals surface area contributed by atoms with Crippen LogP contribution in [0.15, 0.2) is 48.7 Å². The minimum absolute atomic E-state index is 0.0181. The zero-order valence-electron chi connectivity index (χ0n) is 12.4. The van der Waals surface area contributed by atoms with Gasteiger partial charge in [-0.25, -0.2) is 0 Å². The first-order valence-corrected chi connectivity index (χ1v) is 7.28. The number of carbonyl (C=O) groups excluding carboxylic acids is 1. The van der Waals surface area contributed by atoms with Crippen molar-refractivity contribution in [3.63, 3.8) is 0 Å². The molecule has 0 aliphatic heterocycles. The zero-order valence-corrected chi connectivity index (χ0v) is 12.4. The Balaban J connectivity index is 1.67. The first kappa shape index (κ1) is 14.2. The molecule has 1 heterocycles. The van der Waals surface area contributed by atoms with Crippen LogP contribution in [0, 0.1) is 6.92 Å². The number of H-pyrrole nitrogens is 1. The number of carbonyl (C=O) groups is 1. The number of phenols is 1. The second kappa shape index (κ2) is 5.93. The summed E-state index contributed by atoms with van der Waals surface area (Å²) in [6.07, 6.45) is 2.71. The van der Waals surface area contributed by atoms with Gasteiger partial charge in [0.15, 0.2) is 0 Å². The fourth-order valence-electron chi connectivity index (χ4n) is 2.69. The number of para-hydroxylation sites is 1. The van der Waals surface area contributed by atoms with Crippen molar-refractivity contribution in [1.82, 2.24) is 10.3 Å². The fraction of sp³-hybridized carbons (Fsp3) is 0.167. The summed E-state index contributed by atoms with van der Waals surface area (Å²) in [7, 11) is 0. The van der Waals surface area contributed by atoms with E-state index in [-0.39, 0.29) is 11.7 Å². The summed E-state index contributed by atoms with van der Waals surface area (Å²) in [6, 6.07) is 13.2. The van der Waals surface area contributed by atoms with E-state index < -0.39 is 0 Å². The van der Waals surface area contributed by atoms with Gasteiger partial charge < -0.3 is 15.4 Å². The number of aromatic hydroxyl groups is 1. The van der Waals surface area contributed by atoms with Crippen molar-refractivity contribution < 1.29 is 9.90 Å². The molecule has 0 bridgehead atoms. The van der Waals surface area contributed by atoms with Gasteiger partial charge in [-0.1, -0.05) is 30.3 Å². The largest absolute Gasteiger partial charge is 0.507 e. The molecule has 0 radical (unpaired) electrons. The van der Waals surface area contributed by atoms with Gasteiger partial charge in [0.1, 0.15) is 5.75 Å². The first-order valence-electron chi connectivity index (χ1n) is 7.28. The molecular weight excluding hydrogens is 276 g/mol. The Kier molecular flexibility index (Phi) is 3.83. The minimum atomic E-state index is -0.240. The molecule has 0 aliphatic rings. The lowest BCUT2D eigenvalue weighted by molar-refractivity contribution is 0.0951. The lowest BCUT2D eigenvalue weighted by Crippen LogP contribution is -2.26. The monoisotopic (exact) mass is 294 g/mol. The molecule has 0 unspecified atom stereocenters. The molecule has 2 aromatic carbocycles. The van der Waals surface area contributed by atoms with Crippen molar-refractivity contribution in [3.05, 3.63) is 65.4 Å². The molecule has 0 aliphatic carbocycles. The Morgan fingerprint density at radius 2 is 2.00 bits per heavy atom. The number of hydrogen-bond acceptors (Lipinski definition) is 2. The second-order valence-electron chi connectivity index (χ2n) is 5.33. The Morgan fingerprint density at radius 3 is 2.82 bits per heavy atom. The highest BCUT2D eigenvalue weighted by Gasteiger charge is 2.13. The van der Waals surface area contributed by atoms with Crippen LogP contribution in [-0.2, 0) is 6.42 Å². The molecule has 0 saturated heterocycles. The average molecular weight is 294 g/mol. The predicted octanol–water partition coefficient (Wildman–Crippen LogP) is 3.15. The van der Waals surface area contributed by atoms with E-state index in [9.17, 15) is 9.90 Å². The molecule has 3 rings (SSSR count). The number of fused-ring (bicyclic) bond motifs is 1. The molecule has 3 N–H and O–H groups in total. The van der Waals surface area contributed by atoms with Gasteiger partial charge in [0.25, 0.3) is 5.91 Å². The number of hydrogen-bond donors (Lipinski definition) is 3. The maximum atomic E-state index is 12.2. The summed E-state index contributed by atoms with van der Waals surface area (Å²) in [4.78, 5) is 15.4. The fourth-order valence-corrected chi connectivity index (χ4v) is 2.69. The molecular formula is C18H18N2O2. The van der Waals surface area contributed by atoms with Crippen LogP contribution in [0.2, 0.25) is 0 Å². The number of aromatic nitrogens is 1. The first-order chi connectivity index (χ1) is 10.7. The Hall–Kier alpha value is -2.75. The van der Waals surface area contributed by atoms with Crippen molar-refractivity contribution in [2.45, 2.75) is 13.3 Å².